The molecule has 0 amide bonds. The summed E-state index contributed by atoms with van der Waals surface area (Å²) < 4.78 is 5.40. The molecular formula is C11H21NO2. The number of nitrogens with zero attached hydrogens (tertiary/aromatic N) is 1. The standard InChI is InChI=1S/C11H21NO2/c1-11(2)8-12(5-3-10(11)13)9-4-6-14-7-9/h9-10,13H,3-8H2,1-2H3. The predicted octanol–water partition coefficient (Wildman–Crippen LogP) is 0.868. The van der Waals surface area contributed by atoms with Gasteiger partial charge < -0.3 is 9.84 Å². The van der Waals surface area contributed by atoms with Gasteiger partial charge in [0.2, 0.25) is 0 Å². The van der Waals surface area contributed by atoms with Crippen LogP contribution in [0.3, 0.4) is 0 Å². The van der Waals surface area contributed by atoms with E-state index in [-0.39, 0.29) is 11.5 Å². The Morgan fingerprint density at radius 1 is 1.36 bits per heavy atom. The average Bonchev–Trinajstić information content (AvgIpc) is 2.62. The maximum Gasteiger partial charge on any atom is 0.0622 e. The van der Waals surface area contributed by atoms with E-state index in [4.69, 9.17) is 4.74 Å². The molecule has 0 aromatic carbocycles. The van der Waals surface area contributed by atoms with E-state index in [1.165, 1.54) is 0 Å². The van der Waals surface area contributed by atoms with Crippen molar-refractivity contribution in [1.29, 1.82) is 0 Å². The topological polar surface area (TPSA) is 32.7 Å². The third-order valence-corrected chi connectivity index (χ3v) is 3.62. The molecule has 3 nitrogen and oxygen atoms in total. The van der Waals surface area contributed by atoms with Gasteiger partial charge in [0, 0.05) is 31.2 Å². The molecule has 3 heteroatoms. The Kier molecular flexibility index (Phi) is 2.82. The van der Waals surface area contributed by atoms with Gasteiger partial charge in [0.15, 0.2) is 0 Å². The molecule has 1 N–H and O–H groups in total. The Morgan fingerprint density at radius 2 is 2.14 bits per heavy atom. The fourth-order valence-electron chi connectivity index (χ4n) is 2.51. The van der Waals surface area contributed by atoms with E-state index in [9.17, 15) is 5.11 Å². The van der Waals surface area contributed by atoms with E-state index in [1.807, 2.05) is 0 Å². The van der Waals surface area contributed by atoms with Crippen molar-refractivity contribution in [3.05, 3.63) is 0 Å². The van der Waals surface area contributed by atoms with Crippen LogP contribution < -0.4 is 0 Å². The highest BCUT2D eigenvalue weighted by molar-refractivity contribution is 4.90. The zero-order chi connectivity index (χ0) is 10.2. The number of likely N-dealkylation sites (tertiary alicyclic amines) is 1. The van der Waals surface area contributed by atoms with E-state index >= 15 is 0 Å². The molecule has 2 unspecified atom stereocenters. The molecule has 2 fully saturated rings. The van der Waals surface area contributed by atoms with E-state index < -0.39 is 0 Å². The monoisotopic (exact) mass is 199 g/mol. The van der Waals surface area contributed by atoms with Crippen LogP contribution in [-0.4, -0.2) is 48.5 Å². The Bertz CT molecular complexity index is 199. The highest BCUT2D eigenvalue weighted by atomic mass is 16.5. The number of aliphatic hydroxyl groups excluding tert-OH is 1. The third kappa shape index (κ3) is 1.95. The first-order valence-corrected chi connectivity index (χ1v) is 5.59. The molecule has 2 rings (SSSR count). The smallest absolute Gasteiger partial charge is 0.0622 e. The molecule has 0 aromatic heterocycles. The van der Waals surface area contributed by atoms with E-state index in [1.54, 1.807) is 0 Å². The quantitative estimate of drug-likeness (QED) is 0.680. The second-order valence-corrected chi connectivity index (χ2v) is 5.28. The third-order valence-electron chi connectivity index (χ3n) is 3.62. The van der Waals surface area contributed by atoms with Crippen molar-refractivity contribution >= 4 is 0 Å². The second-order valence-electron chi connectivity index (χ2n) is 5.28. The summed E-state index contributed by atoms with van der Waals surface area (Å²) in [5.74, 6) is 0. The Hall–Kier alpha value is -0.120. The first-order valence-electron chi connectivity index (χ1n) is 5.59. The van der Waals surface area contributed by atoms with Crippen LogP contribution in [0.15, 0.2) is 0 Å². The molecule has 82 valence electrons. The summed E-state index contributed by atoms with van der Waals surface area (Å²) in [6.07, 6.45) is 1.93. The van der Waals surface area contributed by atoms with Gasteiger partial charge in [-0.1, -0.05) is 13.8 Å². The normalized spacial score (nSPS) is 38.8. The summed E-state index contributed by atoms with van der Waals surface area (Å²) in [5.41, 5.74) is 0.0425. The van der Waals surface area contributed by atoms with Crippen LogP contribution in [0.4, 0.5) is 0 Å². The maximum absolute atomic E-state index is 9.84. The maximum atomic E-state index is 9.84. The van der Waals surface area contributed by atoms with Crippen molar-refractivity contribution in [2.45, 2.75) is 38.8 Å². The molecule has 14 heavy (non-hydrogen) atoms. The number of hydrogen-bond donors (Lipinski definition) is 1. The molecule has 0 radical (unpaired) electrons. The summed E-state index contributed by atoms with van der Waals surface area (Å²) in [6, 6.07) is 0.599. The van der Waals surface area contributed by atoms with E-state index in [2.05, 4.69) is 18.7 Å². The van der Waals surface area contributed by atoms with Crippen LogP contribution in [0.5, 0.6) is 0 Å². The fraction of sp³-hybridized carbons (Fsp3) is 1.00. The van der Waals surface area contributed by atoms with Crippen LogP contribution in [0.2, 0.25) is 0 Å². The summed E-state index contributed by atoms with van der Waals surface area (Å²) >= 11 is 0. The Labute approximate surface area is 86.0 Å². The largest absolute Gasteiger partial charge is 0.392 e. The number of hydrogen-bond acceptors (Lipinski definition) is 3. The van der Waals surface area contributed by atoms with Gasteiger partial charge in [-0.25, -0.2) is 0 Å². The van der Waals surface area contributed by atoms with Gasteiger partial charge in [0.25, 0.3) is 0 Å². The molecule has 2 atom stereocenters. The molecule has 2 saturated heterocycles. The van der Waals surface area contributed by atoms with Crippen LogP contribution >= 0.6 is 0 Å². The van der Waals surface area contributed by atoms with Crippen LogP contribution in [0.25, 0.3) is 0 Å². The minimum absolute atomic E-state index is 0.0425. The summed E-state index contributed by atoms with van der Waals surface area (Å²) in [7, 11) is 0. The molecular weight excluding hydrogens is 178 g/mol. The van der Waals surface area contributed by atoms with Crippen molar-refractivity contribution in [2.75, 3.05) is 26.3 Å². The molecule has 2 aliphatic rings. The van der Waals surface area contributed by atoms with Crippen molar-refractivity contribution in [1.82, 2.24) is 4.90 Å². The molecule has 2 heterocycles. The summed E-state index contributed by atoms with van der Waals surface area (Å²) in [6.45, 7) is 8.12. The van der Waals surface area contributed by atoms with Crippen molar-refractivity contribution in [3.8, 4) is 0 Å². The van der Waals surface area contributed by atoms with Crippen LogP contribution in [-0.2, 0) is 4.74 Å². The summed E-state index contributed by atoms with van der Waals surface area (Å²) in [5, 5.41) is 9.84. The SMILES string of the molecule is CC1(C)CN(C2CCOC2)CCC1O. The highest BCUT2D eigenvalue weighted by Crippen LogP contribution is 2.31. The molecule has 0 spiro atoms. The van der Waals surface area contributed by atoms with Crippen LogP contribution in [0, 0.1) is 5.41 Å². The lowest BCUT2D eigenvalue weighted by Gasteiger charge is -2.44. The zero-order valence-electron chi connectivity index (χ0n) is 9.20. The van der Waals surface area contributed by atoms with Gasteiger partial charge in [-0.15, -0.1) is 0 Å². The van der Waals surface area contributed by atoms with Gasteiger partial charge in [0.1, 0.15) is 0 Å². The number of ether oxygens (including phenoxy) is 1. The van der Waals surface area contributed by atoms with Gasteiger partial charge in [-0.3, -0.25) is 4.90 Å². The van der Waals surface area contributed by atoms with Crippen LogP contribution in [0.1, 0.15) is 26.7 Å². The average molecular weight is 199 g/mol. The Balaban J connectivity index is 1.95. The number of piperidine rings is 1. The summed E-state index contributed by atoms with van der Waals surface area (Å²) in [4.78, 5) is 2.49. The first kappa shape index (κ1) is 10.4. The lowest BCUT2D eigenvalue weighted by atomic mass is 9.80. The molecule has 0 saturated carbocycles. The van der Waals surface area contributed by atoms with Gasteiger partial charge in [0.05, 0.1) is 12.7 Å². The van der Waals surface area contributed by atoms with Crippen molar-refractivity contribution in [2.24, 2.45) is 5.41 Å². The molecule has 2 aliphatic heterocycles. The fourth-order valence-corrected chi connectivity index (χ4v) is 2.51. The molecule has 0 bridgehead atoms. The Morgan fingerprint density at radius 3 is 2.71 bits per heavy atom. The minimum atomic E-state index is -0.138. The number of aliphatic hydroxyl groups is 1. The van der Waals surface area contributed by atoms with E-state index in [0.29, 0.717) is 6.04 Å². The lowest BCUT2D eigenvalue weighted by Crippen LogP contribution is -2.52. The second kappa shape index (κ2) is 3.80. The van der Waals surface area contributed by atoms with Gasteiger partial charge in [-0.2, -0.15) is 0 Å². The minimum Gasteiger partial charge on any atom is -0.392 e. The molecule has 0 aliphatic carbocycles. The zero-order valence-corrected chi connectivity index (χ0v) is 9.20. The lowest BCUT2D eigenvalue weighted by molar-refractivity contribution is -0.0388. The first-order chi connectivity index (χ1) is 6.59. The van der Waals surface area contributed by atoms with Crippen molar-refractivity contribution < 1.29 is 9.84 Å². The number of rotatable bonds is 1. The van der Waals surface area contributed by atoms with Gasteiger partial charge in [-0.05, 0) is 12.8 Å². The highest BCUT2D eigenvalue weighted by Gasteiger charge is 2.37. The molecule has 0 aromatic rings. The van der Waals surface area contributed by atoms with E-state index in [0.717, 1.165) is 39.1 Å². The van der Waals surface area contributed by atoms with Crippen molar-refractivity contribution in [3.63, 3.8) is 0 Å². The van der Waals surface area contributed by atoms with Gasteiger partial charge >= 0.3 is 0 Å². The predicted molar refractivity (Wildman–Crippen MR) is 55.2 cm³/mol.